The van der Waals surface area contributed by atoms with Gasteiger partial charge in [-0.05, 0) is 49.7 Å². The highest BCUT2D eigenvalue weighted by Gasteiger charge is 2.21. The van der Waals surface area contributed by atoms with Crippen molar-refractivity contribution in [3.63, 3.8) is 0 Å². The molecule has 2 aromatic carbocycles. The van der Waals surface area contributed by atoms with Gasteiger partial charge in [-0.3, -0.25) is 4.79 Å². The molecule has 0 radical (unpaired) electrons. The monoisotopic (exact) mass is 297 g/mol. The molecule has 0 aliphatic heterocycles. The molecule has 0 atom stereocenters. The van der Waals surface area contributed by atoms with Gasteiger partial charge in [0.1, 0.15) is 5.82 Å². The Morgan fingerprint density at radius 1 is 1.27 bits per heavy atom. The van der Waals surface area contributed by atoms with Crippen LogP contribution < -0.4 is 11.1 Å². The molecule has 112 valence electrons. The maximum Gasteiger partial charge on any atom is 0.255 e. The summed E-state index contributed by atoms with van der Waals surface area (Å²) in [7, 11) is 0. The van der Waals surface area contributed by atoms with Crippen LogP contribution in [0.25, 0.3) is 0 Å². The number of carbonyl (C=O) groups excluding carboxylic acids is 1. The molecule has 0 unspecified atom stereocenters. The Hall–Kier alpha value is -2.87. The number of hydrogen-bond acceptors (Lipinski definition) is 3. The predicted molar refractivity (Wildman–Crippen MR) is 83.8 cm³/mol. The molecule has 0 fully saturated rings. The number of anilines is 2. The SMILES string of the molecule is CC(C)(C#N)c1cccc(C(=O)Nc2cc(N)ccc2F)c1. The van der Waals surface area contributed by atoms with Crippen molar-refractivity contribution in [3.8, 4) is 6.07 Å². The number of carbonyl (C=O) groups is 1. The molecule has 2 rings (SSSR count). The lowest BCUT2D eigenvalue weighted by molar-refractivity contribution is 0.102. The second-order valence-corrected chi connectivity index (χ2v) is 5.51. The van der Waals surface area contributed by atoms with Crippen molar-refractivity contribution < 1.29 is 9.18 Å². The molecule has 2 aromatic rings. The third-order valence-corrected chi connectivity index (χ3v) is 3.36. The summed E-state index contributed by atoms with van der Waals surface area (Å²) in [4.78, 5) is 12.2. The lowest BCUT2D eigenvalue weighted by Crippen LogP contribution is -2.17. The Labute approximate surface area is 128 Å². The zero-order valence-corrected chi connectivity index (χ0v) is 12.4. The quantitative estimate of drug-likeness (QED) is 0.851. The fourth-order valence-corrected chi connectivity index (χ4v) is 1.95. The van der Waals surface area contributed by atoms with Crippen LogP contribution in [-0.4, -0.2) is 5.91 Å². The number of nitrogens with two attached hydrogens (primary N) is 1. The van der Waals surface area contributed by atoms with Gasteiger partial charge in [0.25, 0.3) is 5.91 Å². The number of benzene rings is 2. The summed E-state index contributed by atoms with van der Waals surface area (Å²) in [5, 5.41) is 11.7. The number of nitrogen functional groups attached to an aromatic ring is 1. The number of rotatable bonds is 3. The van der Waals surface area contributed by atoms with E-state index in [2.05, 4.69) is 11.4 Å². The average Bonchev–Trinajstić information content (AvgIpc) is 2.51. The van der Waals surface area contributed by atoms with E-state index in [0.29, 0.717) is 11.3 Å². The summed E-state index contributed by atoms with van der Waals surface area (Å²) < 4.78 is 13.7. The van der Waals surface area contributed by atoms with Crippen LogP contribution in [0.3, 0.4) is 0 Å². The normalized spacial score (nSPS) is 10.8. The first kappa shape index (κ1) is 15.5. The molecule has 0 saturated carbocycles. The topological polar surface area (TPSA) is 78.9 Å². The molecule has 5 heteroatoms. The molecule has 0 saturated heterocycles. The second kappa shape index (κ2) is 5.86. The van der Waals surface area contributed by atoms with Gasteiger partial charge in [0.2, 0.25) is 0 Å². The predicted octanol–water partition coefficient (Wildman–Crippen LogP) is 3.46. The Bertz CT molecular complexity index is 763. The molecule has 0 heterocycles. The van der Waals surface area contributed by atoms with Gasteiger partial charge in [-0.2, -0.15) is 5.26 Å². The van der Waals surface area contributed by atoms with Crippen molar-refractivity contribution in [2.75, 3.05) is 11.1 Å². The Morgan fingerprint density at radius 2 is 2.00 bits per heavy atom. The summed E-state index contributed by atoms with van der Waals surface area (Å²) in [6.45, 7) is 3.53. The molecule has 4 nitrogen and oxygen atoms in total. The van der Waals surface area contributed by atoms with E-state index in [1.54, 1.807) is 38.1 Å². The number of hydrogen-bond donors (Lipinski definition) is 2. The average molecular weight is 297 g/mol. The van der Waals surface area contributed by atoms with E-state index in [1.165, 1.54) is 18.2 Å². The molecule has 1 amide bonds. The van der Waals surface area contributed by atoms with Gasteiger partial charge in [-0.15, -0.1) is 0 Å². The Morgan fingerprint density at radius 3 is 2.68 bits per heavy atom. The van der Waals surface area contributed by atoms with Gasteiger partial charge in [0.15, 0.2) is 0 Å². The van der Waals surface area contributed by atoms with Crippen molar-refractivity contribution in [1.29, 1.82) is 5.26 Å². The van der Waals surface area contributed by atoms with Crippen LogP contribution in [0.2, 0.25) is 0 Å². The smallest absolute Gasteiger partial charge is 0.255 e. The molecule has 22 heavy (non-hydrogen) atoms. The van der Waals surface area contributed by atoms with Gasteiger partial charge in [0.05, 0.1) is 17.2 Å². The number of amides is 1. The minimum absolute atomic E-state index is 0.0231. The number of nitrogens with one attached hydrogen (secondary N) is 1. The highest BCUT2D eigenvalue weighted by molar-refractivity contribution is 6.04. The van der Waals surface area contributed by atoms with E-state index in [0.717, 1.165) is 5.56 Å². The summed E-state index contributed by atoms with van der Waals surface area (Å²) >= 11 is 0. The lowest BCUT2D eigenvalue weighted by Gasteiger charge is -2.16. The van der Waals surface area contributed by atoms with Crippen LogP contribution in [0.4, 0.5) is 15.8 Å². The van der Waals surface area contributed by atoms with Gasteiger partial charge in [0, 0.05) is 11.3 Å². The first-order valence-corrected chi connectivity index (χ1v) is 6.71. The minimum Gasteiger partial charge on any atom is -0.399 e. The Balaban J connectivity index is 2.29. The third-order valence-electron chi connectivity index (χ3n) is 3.36. The third kappa shape index (κ3) is 3.23. The number of halogens is 1. The minimum atomic E-state index is -0.710. The van der Waals surface area contributed by atoms with Crippen LogP contribution >= 0.6 is 0 Å². The number of nitrogens with zero attached hydrogens (tertiary/aromatic N) is 1. The maximum absolute atomic E-state index is 13.7. The molecular formula is C17H16FN3O. The second-order valence-electron chi connectivity index (χ2n) is 5.51. The lowest BCUT2D eigenvalue weighted by atomic mass is 9.85. The highest BCUT2D eigenvalue weighted by Crippen LogP contribution is 2.24. The highest BCUT2D eigenvalue weighted by atomic mass is 19.1. The molecule has 0 aliphatic rings. The van der Waals surface area contributed by atoms with E-state index in [9.17, 15) is 9.18 Å². The molecule has 0 bridgehead atoms. The number of nitriles is 1. The first-order valence-electron chi connectivity index (χ1n) is 6.71. The summed E-state index contributed by atoms with van der Waals surface area (Å²) in [6, 6.07) is 12.9. The molecular weight excluding hydrogens is 281 g/mol. The van der Waals surface area contributed by atoms with Gasteiger partial charge < -0.3 is 11.1 Å². The molecule has 0 aliphatic carbocycles. The van der Waals surface area contributed by atoms with Crippen molar-refractivity contribution in [2.45, 2.75) is 19.3 Å². The van der Waals surface area contributed by atoms with Crippen LogP contribution in [0.5, 0.6) is 0 Å². The molecule has 0 spiro atoms. The van der Waals surface area contributed by atoms with Crippen molar-refractivity contribution in [3.05, 3.63) is 59.4 Å². The molecule has 0 aromatic heterocycles. The van der Waals surface area contributed by atoms with E-state index in [-0.39, 0.29) is 5.69 Å². The Kier molecular flexibility index (Phi) is 4.13. The summed E-state index contributed by atoms with van der Waals surface area (Å²) in [6.07, 6.45) is 0. The maximum atomic E-state index is 13.7. The van der Waals surface area contributed by atoms with E-state index >= 15 is 0 Å². The van der Waals surface area contributed by atoms with Gasteiger partial charge in [-0.1, -0.05) is 12.1 Å². The van der Waals surface area contributed by atoms with Gasteiger partial charge in [-0.25, -0.2) is 4.39 Å². The standard InChI is InChI=1S/C17H16FN3O/c1-17(2,10-19)12-5-3-4-11(8-12)16(22)21-15-9-13(20)6-7-14(15)18/h3-9H,20H2,1-2H3,(H,21,22). The largest absolute Gasteiger partial charge is 0.399 e. The van der Waals surface area contributed by atoms with Crippen molar-refractivity contribution in [1.82, 2.24) is 0 Å². The van der Waals surface area contributed by atoms with Crippen LogP contribution in [-0.2, 0) is 5.41 Å². The summed E-state index contributed by atoms with van der Waals surface area (Å²) in [5.41, 5.74) is 6.33. The van der Waals surface area contributed by atoms with Gasteiger partial charge >= 0.3 is 0 Å². The van der Waals surface area contributed by atoms with E-state index in [4.69, 9.17) is 11.0 Å². The molecule has 3 N–H and O–H groups in total. The van der Waals surface area contributed by atoms with Crippen LogP contribution in [0.1, 0.15) is 29.8 Å². The fraction of sp³-hybridized carbons (Fsp3) is 0.176. The van der Waals surface area contributed by atoms with Crippen LogP contribution in [0.15, 0.2) is 42.5 Å². The van der Waals surface area contributed by atoms with Crippen molar-refractivity contribution >= 4 is 17.3 Å². The first-order chi connectivity index (χ1) is 10.3. The summed E-state index contributed by atoms with van der Waals surface area (Å²) in [5.74, 6) is -1.02. The zero-order chi connectivity index (χ0) is 16.3. The van der Waals surface area contributed by atoms with Crippen LogP contribution in [0, 0.1) is 17.1 Å². The van der Waals surface area contributed by atoms with E-state index < -0.39 is 17.1 Å². The van der Waals surface area contributed by atoms with Crippen molar-refractivity contribution in [2.24, 2.45) is 0 Å². The van der Waals surface area contributed by atoms with E-state index in [1.807, 2.05) is 0 Å². The zero-order valence-electron chi connectivity index (χ0n) is 12.4. The fourth-order valence-electron chi connectivity index (χ4n) is 1.95.